The molecule has 2 heterocycles. The van der Waals surface area contributed by atoms with Crippen molar-refractivity contribution in [1.29, 1.82) is 5.26 Å². The van der Waals surface area contributed by atoms with Gasteiger partial charge in [0, 0.05) is 37.7 Å². The van der Waals surface area contributed by atoms with Gasteiger partial charge in [0.25, 0.3) is 5.91 Å². The van der Waals surface area contributed by atoms with Gasteiger partial charge in [-0.2, -0.15) is 5.26 Å². The molecule has 2 aromatic heterocycles. The monoisotopic (exact) mass is 396 g/mol. The van der Waals surface area contributed by atoms with Gasteiger partial charge >= 0.3 is 0 Å². The van der Waals surface area contributed by atoms with Crippen molar-refractivity contribution >= 4 is 22.8 Å². The molecule has 0 aliphatic heterocycles. The van der Waals surface area contributed by atoms with E-state index in [1.807, 2.05) is 18.7 Å². The van der Waals surface area contributed by atoms with Crippen molar-refractivity contribution < 1.29 is 9.59 Å². The van der Waals surface area contributed by atoms with Gasteiger partial charge in [-0.25, -0.2) is 9.97 Å². The number of H-pyrrole nitrogens is 1. The van der Waals surface area contributed by atoms with E-state index in [1.165, 1.54) is 6.33 Å². The van der Waals surface area contributed by atoms with Crippen LogP contribution < -0.4 is 5.32 Å². The molecule has 2 unspecified atom stereocenters. The first-order valence-electron chi connectivity index (χ1n) is 10.2. The molecule has 154 valence electrons. The zero-order valence-corrected chi connectivity index (χ0v) is 17.0. The van der Waals surface area contributed by atoms with E-state index in [9.17, 15) is 9.59 Å². The minimum Gasteiger partial charge on any atom is -0.351 e. The number of aromatic amines is 1. The van der Waals surface area contributed by atoms with E-state index in [1.54, 1.807) is 12.3 Å². The third-order valence-electron chi connectivity index (χ3n) is 5.56. The van der Waals surface area contributed by atoms with Gasteiger partial charge in [0.1, 0.15) is 17.7 Å². The maximum atomic E-state index is 12.7. The van der Waals surface area contributed by atoms with Crippen LogP contribution in [0.4, 0.5) is 0 Å². The molecule has 0 aromatic carbocycles. The number of amides is 2. The minimum absolute atomic E-state index is 0.101. The summed E-state index contributed by atoms with van der Waals surface area (Å²) in [5.41, 5.74) is 0.980. The number of aromatic nitrogens is 3. The van der Waals surface area contributed by atoms with Crippen molar-refractivity contribution in [2.24, 2.45) is 11.8 Å². The lowest BCUT2D eigenvalue weighted by Gasteiger charge is -2.28. The first-order chi connectivity index (χ1) is 14.0. The SMILES string of the molecule is CC(C)N(CCCNC(=O)c1ncnc2[nH]ccc12)C(=O)CC1CCC(C#N)C1. The van der Waals surface area contributed by atoms with Crippen LogP contribution in [0.2, 0.25) is 0 Å². The molecular formula is C21H28N6O2. The van der Waals surface area contributed by atoms with Crippen molar-refractivity contribution in [2.45, 2.75) is 52.0 Å². The number of hydrogen-bond donors (Lipinski definition) is 2. The Bertz CT molecular complexity index is 900. The van der Waals surface area contributed by atoms with Crippen LogP contribution in [-0.4, -0.2) is 50.8 Å². The highest BCUT2D eigenvalue weighted by Crippen LogP contribution is 2.33. The fourth-order valence-electron chi connectivity index (χ4n) is 4.00. The number of nitriles is 1. The van der Waals surface area contributed by atoms with Gasteiger partial charge in [-0.1, -0.05) is 0 Å². The van der Waals surface area contributed by atoms with Crippen molar-refractivity contribution in [3.63, 3.8) is 0 Å². The Kier molecular flexibility index (Phi) is 6.81. The number of hydrogen-bond acceptors (Lipinski definition) is 5. The molecular weight excluding hydrogens is 368 g/mol. The fourth-order valence-corrected chi connectivity index (χ4v) is 4.00. The zero-order valence-electron chi connectivity index (χ0n) is 17.0. The van der Waals surface area contributed by atoms with E-state index >= 15 is 0 Å². The molecule has 8 nitrogen and oxygen atoms in total. The van der Waals surface area contributed by atoms with Gasteiger partial charge in [0.2, 0.25) is 5.91 Å². The Hall–Kier alpha value is -2.95. The molecule has 2 amide bonds. The summed E-state index contributed by atoms with van der Waals surface area (Å²) in [6.45, 7) is 5.07. The van der Waals surface area contributed by atoms with Crippen LogP contribution in [0.15, 0.2) is 18.6 Å². The highest BCUT2D eigenvalue weighted by Gasteiger charge is 2.28. The Morgan fingerprint density at radius 2 is 2.21 bits per heavy atom. The van der Waals surface area contributed by atoms with Gasteiger partial charge in [0.15, 0.2) is 0 Å². The van der Waals surface area contributed by atoms with Crippen LogP contribution in [0.3, 0.4) is 0 Å². The molecule has 8 heteroatoms. The maximum absolute atomic E-state index is 12.7. The molecule has 2 atom stereocenters. The van der Waals surface area contributed by atoms with Crippen LogP contribution in [0, 0.1) is 23.2 Å². The van der Waals surface area contributed by atoms with Crippen molar-refractivity contribution in [3.8, 4) is 6.07 Å². The number of fused-ring (bicyclic) bond motifs is 1. The van der Waals surface area contributed by atoms with E-state index in [-0.39, 0.29) is 23.8 Å². The molecule has 1 aliphatic carbocycles. The van der Waals surface area contributed by atoms with Crippen molar-refractivity contribution in [1.82, 2.24) is 25.2 Å². The zero-order chi connectivity index (χ0) is 20.8. The number of carbonyl (C=O) groups is 2. The van der Waals surface area contributed by atoms with E-state index < -0.39 is 0 Å². The second-order valence-electron chi connectivity index (χ2n) is 7.96. The van der Waals surface area contributed by atoms with Gasteiger partial charge in [0.05, 0.1) is 11.5 Å². The van der Waals surface area contributed by atoms with Crippen LogP contribution >= 0.6 is 0 Å². The largest absolute Gasteiger partial charge is 0.351 e. The average molecular weight is 396 g/mol. The Balaban J connectivity index is 1.47. The van der Waals surface area contributed by atoms with Crippen molar-refractivity contribution in [3.05, 3.63) is 24.3 Å². The maximum Gasteiger partial charge on any atom is 0.270 e. The van der Waals surface area contributed by atoms with Gasteiger partial charge in [-0.15, -0.1) is 0 Å². The summed E-state index contributed by atoms with van der Waals surface area (Å²) in [5.74, 6) is 0.311. The summed E-state index contributed by atoms with van der Waals surface area (Å²) >= 11 is 0. The Morgan fingerprint density at radius 1 is 1.38 bits per heavy atom. The minimum atomic E-state index is -0.243. The van der Waals surface area contributed by atoms with Gasteiger partial charge in [-0.05, 0) is 51.5 Å². The number of nitrogens with one attached hydrogen (secondary N) is 2. The Morgan fingerprint density at radius 3 is 2.93 bits per heavy atom. The molecule has 1 fully saturated rings. The lowest BCUT2D eigenvalue weighted by Crippen LogP contribution is -2.39. The van der Waals surface area contributed by atoms with Crippen molar-refractivity contribution in [2.75, 3.05) is 13.1 Å². The standard InChI is InChI=1S/C21H28N6O2/c1-14(2)27(18(28)11-15-4-5-16(10-15)12-22)9-3-7-24-21(29)19-17-6-8-23-20(17)26-13-25-19/h6,8,13-16H,3-5,7,9-11H2,1-2H3,(H,24,29)(H,23,25,26). The number of carbonyl (C=O) groups excluding carboxylic acids is 2. The molecule has 0 saturated heterocycles. The van der Waals surface area contributed by atoms with E-state index in [0.29, 0.717) is 48.6 Å². The molecule has 1 aliphatic rings. The molecule has 0 bridgehead atoms. The second kappa shape index (κ2) is 9.50. The normalized spacial score (nSPS) is 18.7. The summed E-state index contributed by atoms with van der Waals surface area (Å²) in [6, 6.07) is 4.20. The molecule has 2 N–H and O–H groups in total. The molecule has 0 spiro atoms. The summed E-state index contributed by atoms with van der Waals surface area (Å²) in [6.07, 6.45) is 6.96. The lowest BCUT2D eigenvalue weighted by atomic mass is 10.0. The highest BCUT2D eigenvalue weighted by molar-refractivity contribution is 6.03. The number of nitrogens with zero attached hydrogens (tertiary/aromatic N) is 4. The molecule has 3 rings (SSSR count). The summed E-state index contributed by atoms with van der Waals surface area (Å²) in [7, 11) is 0. The molecule has 1 saturated carbocycles. The highest BCUT2D eigenvalue weighted by atomic mass is 16.2. The summed E-state index contributed by atoms with van der Waals surface area (Å²) < 4.78 is 0. The predicted octanol–water partition coefficient (Wildman–Crippen LogP) is 2.64. The summed E-state index contributed by atoms with van der Waals surface area (Å²) in [5, 5.41) is 12.6. The Labute approximate surface area is 170 Å². The number of rotatable bonds is 8. The van der Waals surface area contributed by atoms with E-state index in [0.717, 1.165) is 19.3 Å². The quantitative estimate of drug-likeness (QED) is 0.666. The lowest BCUT2D eigenvalue weighted by molar-refractivity contribution is -0.133. The van der Waals surface area contributed by atoms with Crippen LogP contribution in [0.25, 0.3) is 11.0 Å². The van der Waals surface area contributed by atoms with Gasteiger partial charge in [-0.3, -0.25) is 9.59 Å². The first kappa shape index (κ1) is 20.8. The fraction of sp³-hybridized carbons (Fsp3) is 0.571. The third-order valence-corrected chi connectivity index (χ3v) is 5.56. The van der Waals surface area contributed by atoms with Crippen LogP contribution in [0.1, 0.15) is 56.4 Å². The molecule has 2 aromatic rings. The van der Waals surface area contributed by atoms with Gasteiger partial charge < -0.3 is 15.2 Å². The summed E-state index contributed by atoms with van der Waals surface area (Å²) in [4.78, 5) is 38.2. The third kappa shape index (κ3) is 5.11. The smallest absolute Gasteiger partial charge is 0.270 e. The predicted molar refractivity (Wildman–Crippen MR) is 109 cm³/mol. The molecule has 29 heavy (non-hydrogen) atoms. The average Bonchev–Trinajstić information content (AvgIpc) is 3.35. The van der Waals surface area contributed by atoms with Crippen LogP contribution in [0.5, 0.6) is 0 Å². The van der Waals surface area contributed by atoms with E-state index in [4.69, 9.17) is 5.26 Å². The topological polar surface area (TPSA) is 115 Å². The first-order valence-corrected chi connectivity index (χ1v) is 10.2. The van der Waals surface area contributed by atoms with E-state index in [2.05, 4.69) is 26.3 Å². The van der Waals surface area contributed by atoms with Crippen LogP contribution in [-0.2, 0) is 4.79 Å². The second-order valence-corrected chi connectivity index (χ2v) is 7.96. The molecule has 0 radical (unpaired) electrons.